The summed E-state index contributed by atoms with van der Waals surface area (Å²) in [7, 11) is 0. The normalized spacial score (nSPS) is 25.4. The van der Waals surface area contributed by atoms with E-state index >= 15 is 0 Å². The van der Waals surface area contributed by atoms with Gasteiger partial charge in [0.05, 0.1) is 43.5 Å². The maximum Gasteiger partial charge on any atom is 0.416 e. The number of alkyl halides is 3. The van der Waals surface area contributed by atoms with E-state index in [0.29, 0.717) is 31.4 Å². The van der Waals surface area contributed by atoms with E-state index < -0.39 is 17.8 Å². The van der Waals surface area contributed by atoms with Crippen LogP contribution in [0.2, 0.25) is 0 Å². The molecule has 1 amide bonds. The molecule has 0 spiro atoms. The Labute approximate surface area is 208 Å². The summed E-state index contributed by atoms with van der Waals surface area (Å²) in [6.07, 6.45) is -0.0692. The monoisotopic (exact) mass is 507 g/mol. The fourth-order valence-corrected chi connectivity index (χ4v) is 4.88. The highest BCUT2D eigenvalue weighted by Gasteiger charge is 2.38. The number of aromatic nitrogens is 1. The van der Waals surface area contributed by atoms with Crippen molar-refractivity contribution in [2.75, 3.05) is 26.3 Å². The van der Waals surface area contributed by atoms with Crippen molar-refractivity contribution in [3.05, 3.63) is 65.5 Å². The van der Waals surface area contributed by atoms with Gasteiger partial charge in [0.25, 0.3) is 0 Å². The lowest BCUT2D eigenvalue weighted by atomic mass is 9.94. The highest BCUT2D eigenvalue weighted by molar-refractivity contribution is 5.76. The number of fused-ring (bicyclic) bond motifs is 1. The zero-order valence-corrected chi connectivity index (χ0v) is 20.0. The third-order valence-corrected chi connectivity index (χ3v) is 6.63. The van der Waals surface area contributed by atoms with E-state index in [9.17, 15) is 23.1 Å². The molecule has 10 heteroatoms. The minimum Gasteiger partial charge on any atom is -0.389 e. The molecule has 3 heterocycles. The number of aliphatic hydroxyl groups is 1. The van der Waals surface area contributed by atoms with Crippen molar-refractivity contribution in [3.63, 3.8) is 0 Å². The predicted octanol–water partition coefficient (Wildman–Crippen LogP) is 2.96. The molecular formula is C26H32F3N3O4. The van der Waals surface area contributed by atoms with E-state index in [1.54, 1.807) is 18.5 Å². The zero-order chi connectivity index (χ0) is 25.5. The summed E-state index contributed by atoms with van der Waals surface area (Å²) in [6.45, 7) is 1.41. The number of ether oxygens (including phenoxy) is 2. The molecule has 2 N–H and O–H groups in total. The maximum atomic E-state index is 13.2. The lowest BCUT2D eigenvalue weighted by Gasteiger charge is -2.44. The average molecular weight is 508 g/mol. The van der Waals surface area contributed by atoms with Gasteiger partial charge in [-0.15, -0.1) is 0 Å². The largest absolute Gasteiger partial charge is 0.416 e. The van der Waals surface area contributed by atoms with Crippen molar-refractivity contribution in [1.82, 2.24) is 15.2 Å². The lowest BCUT2D eigenvalue weighted by molar-refractivity contribution is -0.158. The van der Waals surface area contributed by atoms with Crippen LogP contribution in [0.4, 0.5) is 13.2 Å². The number of hydrogen-bond donors (Lipinski definition) is 2. The number of rotatable bonds is 7. The van der Waals surface area contributed by atoms with Crippen LogP contribution in [0, 0.1) is 0 Å². The van der Waals surface area contributed by atoms with Crippen LogP contribution < -0.4 is 5.32 Å². The van der Waals surface area contributed by atoms with E-state index in [-0.39, 0.29) is 56.9 Å². The summed E-state index contributed by atoms with van der Waals surface area (Å²) in [5.41, 5.74) is 0.923. The Morgan fingerprint density at radius 2 is 1.94 bits per heavy atom. The van der Waals surface area contributed by atoms with Crippen LogP contribution in [0.25, 0.3) is 0 Å². The standard InChI is InChI=1S/C26H32F3N3O4/c27-26(28,29)20-3-1-2-19(12-20)14-32-15-21(33)16-35-17-24-23(32)5-4-22(36-24)13-25(34)31-11-8-18-6-9-30-10-7-18/h1-3,6-7,9-10,12,21-24,33H,4-5,8,11,13-17H2,(H,31,34)/t21-,22-,23-,24+/m0/s1. The average Bonchev–Trinajstić information content (AvgIpc) is 2.83. The fraction of sp³-hybridized carbons (Fsp3) is 0.538. The van der Waals surface area contributed by atoms with Gasteiger partial charge in [0.1, 0.15) is 0 Å². The minimum atomic E-state index is -4.41. The molecule has 2 aliphatic rings. The molecule has 2 aromatic rings. The van der Waals surface area contributed by atoms with Gasteiger partial charge in [-0.25, -0.2) is 0 Å². The van der Waals surface area contributed by atoms with E-state index in [1.807, 2.05) is 17.0 Å². The topological polar surface area (TPSA) is 83.9 Å². The number of amides is 1. The number of carbonyl (C=O) groups excluding carboxylic acids is 1. The summed E-state index contributed by atoms with van der Waals surface area (Å²) in [4.78, 5) is 18.4. The van der Waals surface area contributed by atoms with Crippen molar-refractivity contribution < 1.29 is 32.5 Å². The Morgan fingerprint density at radius 1 is 1.14 bits per heavy atom. The number of aliphatic hydroxyl groups excluding tert-OH is 1. The first-order valence-corrected chi connectivity index (χ1v) is 12.2. The van der Waals surface area contributed by atoms with Crippen LogP contribution in [0.3, 0.4) is 0 Å². The molecule has 0 aliphatic carbocycles. The highest BCUT2D eigenvalue weighted by Crippen LogP contribution is 2.32. The van der Waals surface area contributed by atoms with Gasteiger partial charge in [0.15, 0.2) is 0 Å². The molecule has 4 atom stereocenters. The van der Waals surface area contributed by atoms with Gasteiger partial charge in [-0.2, -0.15) is 13.2 Å². The Hall–Kier alpha value is -2.53. The van der Waals surface area contributed by atoms with Crippen LogP contribution >= 0.6 is 0 Å². The Morgan fingerprint density at radius 3 is 2.72 bits per heavy atom. The molecule has 2 saturated heterocycles. The van der Waals surface area contributed by atoms with Gasteiger partial charge in [-0.3, -0.25) is 14.7 Å². The molecule has 0 saturated carbocycles. The first-order valence-electron chi connectivity index (χ1n) is 12.2. The summed E-state index contributed by atoms with van der Waals surface area (Å²) >= 11 is 0. The predicted molar refractivity (Wildman–Crippen MR) is 126 cm³/mol. The van der Waals surface area contributed by atoms with Crippen molar-refractivity contribution in [3.8, 4) is 0 Å². The summed E-state index contributed by atoms with van der Waals surface area (Å²) in [5, 5.41) is 13.3. The lowest BCUT2D eigenvalue weighted by Crippen LogP contribution is -2.55. The first kappa shape index (κ1) is 26.5. The number of pyridine rings is 1. The summed E-state index contributed by atoms with van der Waals surface area (Å²) in [6, 6.07) is 8.95. The van der Waals surface area contributed by atoms with Crippen LogP contribution in [-0.2, 0) is 33.4 Å². The Bertz CT molecular complexity index is 992. The van der Waals surface area contributed by atoms with Crippen LogP contribution in [0.1, 0.15) is 36.0 Å². The van der Waals surface area contributed by atoms with Crippen molar-refractivity contribution >= 4 is 5.91 Å². The molecule has 0 bridgehead atoms. The fourth-order valence-electron chi connectivity index (χ4n) is 4.88. The SMILES string of the molecule is O=C(C[C@@H]1CC[C@H]2[C@@H](COC[C@@H](O)CN2Cc2cccc(C(F)(F)F)c2)O1)NCCc1ccncc1. The van der Waals surface area contributed by atoms with Crippen LogP contribution in [-0.4, -0.2) is 71.6 Å². The molecule has 7 nitrogen and oxygen atoms in total. The number of carbonyl (C=O) groups is 1. The number of β-amino-alcohol motifs (C(OH)–C–C–N with tert-alkyl or cyclic N) is 1. The second-order valence-electron chi connectivity index (χ2n) is 9.42. The van der Waals surface area contributed by atoms with Crippen molar-refractivity contribution in [2.24, 2.45) is 0 Å². The van der Waals surface area contributed by atoms with Gasteiger partial charge in [-0.1, -0.05) is 18.2 Å². The quantitative estimate of drug-likeness (QED) is 0.600. The second kappa shape index (κ2) is 12.1. The summed E-state index contributed by atoms with van der Waals surface area (Å²) in [5.74, 6) is -0.0875. The molecule has 0 radical (unpaired) electrons. The number of benzene rings is 1. The number of nitrogens with zero attached hydrogens (tertiary/aromatic N) is 2. The number of nitrogens with one attached hydrogen (secondary N) is 1. The smallest absolute Gasteiger partial charge is 0.389 e. The van der Waals surface area contributed by atoms with Crippen LogP contribution in [0.15, 0.2) is 48.8 Å². The maximum absolute atomic E-state index is 13.2. The van der Waals surface area contributed by atoms with Crippen molar-refractivity contribution in [1.29, 1.82) is 0 Å². The van der Waals surface area contributed by atoms with E-state index in [0.717, 1.165) is 17.7 Å². The van der Waals surface area contributed by atoms with Gasteiger partial charge < -0.3 is 19.9 Å². The molecule has 2 aliphatic heterocycles. The van der Waals surface area contributed by atoms with Gasteiger partial charge >= 0.3 is 6.18 Å². The third-order valence-electron chi connectivity index (χ3n) is 6.63. The molecule has 4 rings (SSSR count). The molecule has 2 fully saturated rings. The third kappa shape index (κ3) is 7.49. The molecule has 1 aromatic heterocycles. The molecule has 0 unspecified atom stereocenters. The van der Waals surface area contributed by atoms with Crippen LogP contribution in [0.5, 0.6) is 0 Å². The zero-order valence-electron chi connectivity index (χ0n) is 20.0. The minimum absolute atomic E-state index is 0.0875. The molecule has 196 valence electrons. The van der Waals surface area contributed by atoms with E-state index in [1.165, 1.54) is 6.07 Å². The Kier molecular flexibility index (Phi) is 8.95. The second-order valence-corrected chi connectivity index (χ2v) is 9.42. The van der Waals surface area contributed by atoms with Gasteiger partial charge in [0.2, 0.25) is 5.91 Å². The number of hydrogen-bond acceptors (Lipinski definition) is 6. The van der Waals surface area contributed by atoms with E-state index in [2.05, 4.69) is 10.3 Å². The first-order chi connectivity index (χ1) is 17.3. The van der Waals surface area contributed by atoms with E-state index in [4.69, 9.17) is 9.47 Å². The molecule has 36 heavy (non-hydrogen) atoms. The highest BCUT2D eigenvalue weighted by atomic mass is 19.4. The number of halogens is 3. The van der Waals surface area contributed by atoms with Gasteiger partial charge in [0, 0.05) is 38.1 Å². The Balaban J connectivity index is 1.34. The van der Waals surface area contributed by atoms with Crippen molar-refractivity contribution in [2.45, 2.75) is 62.8 Å². The molecular weight excluding hydrogens is 475 g/mol. The van der Waals surface area contributed by atoms with Gasteiger partial charge in [-0.05, 0) is 48.6 Å². The summed E-state index contributed by atoms with van der Waals surface area (Å²) < 4.78 is 51.4. The molecule has 1 aromatic carbocycles.